The Morgan fingerprint density at radius 1 is 1.00 bits per heavy atom. The molecule has 0 saturated heterocycles. The molecule has 0 aliphatic heterocycles. The summed E-state index contributed by atoms with van der Waals surface area (Å²) in [5.41, 5.74) is 0. The van der Waals surface area contributed by atoms with Gasteiger partial charge >= 0.3 is 0 Å². The first kappa shape index (κ1) is 15.1. The second-order valence-corrected chi connectivity index (χ2v) is 4.14. The molecule has 0 amide bonds. The van der Waals surface area contributed by atoms with Gasteiger partial charge in [0.2, 0.25) is 0 Å². The Morgan fingerprint density at radius 3 is 1.80 bits per heavy atom. The number of hydrogen-bond donors (Lipinski definition) is 4. The van der Waals surface area contributed by atoms with Gasteiger partial charge in [0, 0.05) is 0 Å². The largest absolute Gasteiger partial charge is 0.316 e. The Bertz CT molecular complexity index is 148. The zero-order valence-corrected chi connectivity index (χ0v) is 12.9. The predicted molar refractivity (Wildman–Crippen MR) is 70.9 cm³/mol. The van der Waals surface area contributed by atoms with E-state index in [1.54, 1.807) is 0 Å². The van der Waals surface area contributed by atoms with Crippen molar-refractivity contribution in [2.45, 2.75) is 45.9 Å². The minimum atomic E-state index is -0.138. The van der Waals surface area contributed by atoms with E-state index in [2.05, 4.69) is 48.6 Å². The summed E-state index contributed by atoms with van der Waals surface area (Å²) in [5, 5.41) is 10.6. The Morgan fingerprint density at radius 2 is 1.53 bits per heavy atom. The minimum absolute atomic E-state index is 0.138. The zero-order valence-electron chi connectivity index (χ0n) is 10.9. The topological polar surface area (TPSA) is 48.1 Å². The minimum Gasteiger partial charge on any atom is -0.316 e. The van der Waals surface area contributed by atoms with Gasteiger partial charge in [0.05, 0.1) is 16.4 Å². The summed E-state index contributed by atoms with van der Waals surface area (Å²) < 4.78 is 0. The van der Waals surface area contributed by atoms with Gasteiger partial charge in [0.1, 0.15) is 5.79 Å². The van der Waals surface area contributed by atoms with E-state index in [4.69, 9.17) is 0 Å². The zero-order chi connectivity index (χ0) is 11.7. The van der Waals surface area contributed by atoms with Gasteiger partial charge in [0.25, 0.3) is 0 Å². The van der Waals surface area contributed by atoms with E-state index in [0.717, 1.165) is 36.5 Å². The second-order valence-electron chi connectivity index (χ2n) is 3.64. The molecular formula is C10H28N4Si. The highest BCUT2D eigenvalue weighted by atomic mass is 28.2. The molecule has 0 bridgehead atoms. The van der Waals surface area contributed by atoms with Crippen LogP contribution in [0.25, 0.3) is 0 Å². The fraction of sp³-hybridized carbons (Fsp3) is 1.00. The van der Waals surface area contributed by atoms with Crippen LogP contribution >= 0.6 is 0 Å². The molecule has 0 saturated carbocycles. The van der Waals surface area contributed by atoms with E-state index in [0.29, 0.717) is 6.04 Å². The monoisotopic (exact) mass is 232 g/mol. The maximum atomic E-state index is 3.53. The van der Waals surface area contributed by atoms with Gasteiger partial charge in [-0.2, -0.15) is 0 Å². The summed E-state index contributed by atoms with van der Waals surface area (Å²) in [6.07, 6.45) is 1.10. The smallest absolute Gasteiger partial charge is 0.132 e. The van der Waals surface area contributed by atoms with Gasteiger partial charge in [-0.25, -0.2) is 0 Å². The lowest BCUT2D eigenvalue weighted by atomic mass is 10.1. The van der Waals surface area contributed by atoms with E-state index in [1.807, 2.05) is 0 Å². The fourth-order valence-electron chi connectivity index (χ4n) is 2.07. The van der Waals surface area contributed by atoms with Crippen molar-refractivity contribution < 1.29 is 0 Å². The summed E-state index contributed by atoms with van der Waals surface area (Å²) in [6, 6.07) is 0.417. The van der Waals surface area contributed by atoms with Crippen LogP contribution in [0.1, 0.15) is 34.1 Å². The molecule has 0 rings (SSSR count). The second kappa shape index (κ2) is 8.24. The van der Waals surface area contributed by atoms with Crippen LogP contribution in [-0.4, -0.2) is 41.9 Å². The lowest BCUT2D eigenvalue weighted by Gasteiger charge is -2.42. The third-order valence-corrected chi connectivity index (χ3v) is 3.48. The van der Waals surface area contributed by atoms with Gasteiger partial charge in [-0.05, 0) is 26.1 Å². The summed E-state index contributed by atoms with van der Waals surface area (Å²) in [6.45, 7) is 11.6. The number of nitrogens with one attached hydrogen (secondary N) is 4. The van der Waals surface area contributed by atoms with E-state index in [1.165, 1.54) is 0 Å². The molecule has 0 aliphatic carbocycles. The third-order valence-electron chi connectivity index (χ3n) is 2.69. The molecule has 1 atom stereocenters. The van der Waals surface area contributed by atoms with Gasteiger partial charge in [-0.1, -0.05) is 27.7 Å². The number of likely N-dealkylation sites (N-methyl/N-ethyl adjacent to an activating group) is 3. The average molecular weight is 232 g/mol. The first-order valence-electron chi connectivity index (χ1n) is 6.12. The van der Waals surface area contributed by atoms with Crippen molar-refractivity contribution in [2.24, 2.45) is 0 Å². The molecule has 1 unspecified atom stereocenters. The van der Waals surface area contributed by atoms with Gasteiger partial charge in [0.15, 0.2) is 0 Å². The van der Waals surface area contributed by atoms with Crippen LogP contribution in [0.5, 0.6) is 0 Å². The van der Waals surface area contributed by atoms with Gasteiger partial charge in [-0.3, -0.25) is 10.6 Å². The van der Waals surface area contributed by atoms with Crippen LogP contribution in [0, 0.1) is 0 Å². The van der Waals surface area contributed by atoms with Crippen LogP contribution in [0.15, 0.2) is 0 Å². The molecule has 5 heteroatoms. The quantitative estimate of drug-likeness (QED) is 0.308. The Hall–Kier alpha value is 0.0569. The molecule has 0 radical (unpaired) electrons. The molecule has 4 N–H and O–H groups in total. The maximum absolute atomic E-state index is 3.53. The lowest BCUT2D eigenvalue weighted by Crippen LogP contribution is -2.75. The van der Waals surface area contributed by atoms with Crippen LogP contribution < -0.4 is 20.9 Å². The molecule has 0 spiro atoms. The molecule has 92 valence electrons. The first-order chi connectivity index (χ1) is 7.20. The van der Waals surface area contributed by atoms with Crippen molar-refractivity contribution in [1.29, 1.82) is 0 Å². The Kier molecular flexibility index (Phi) is 8.27. The van der Waals surface area contributed by atoms with Crippen molar-refractivity contribution in [3.05, 3.63) is 0 Å². The fourth-order valence-corrected chi connectivity index (χ4v) is 2.77. The highest BCUT2D eigenvalue weighted by Crippen LogP contribution is 2.06. The van der Waals surface area contributed by atoms with E-state index >= 15 is 0 Å². The molecule has 0 aromatic heterocycles. The highest BCUT2D eigenvalue weighted by molar-refractivity contribution is 6.04. The summed E-state index contributed by atoms with van der Waals surface area (Å²) >= 11 is 0. The Labute approximate surface area is 97.5 Å². The predicted octanol–water partition coefficient (Wildman–Crippen LogP) is -0.883. The SMILES string of the molecule is CCNC(CC)C(N[SiH3])(NCC)NCC. The summed E-state index contributed by atoms with van der Waals surface area (Å²) in [5.74, 6) is -0.138. The molecular weight excluding hydrogens is 204 g/mol. The van der Waals surface area contributed by atoms with Crippen molar-refractivity contribution in [1.82, 2.24) is 20.9 Å². The highest BCUT2D eigenvalue weighted by Gasteiger charge is 2.33. The lowest BCUT2D eigenvalue weighted by molar-refractivity contribution is 0.169. The number of rotatable bonds is 9. The van der Waals surface area contributed by atoms with Gasteiger partial charge in [-0.15, -0.1) is 0 Å². The van der Waals surface area contributed by atoms with Crippen molar-refractivity contribution >= 4 is 10.4 Å². The van der Waals surface area contributed by atoms with Crippen LogP contribution in [0.3, 0.4) is 0 Å². The molecule has 0 aromatic carbocycles. The summed E-state index contributed by atoms with van der Waals surface area (Å²) in [7, 11) is 0.969. The van der Waals surface area contributed by atoms with E-state index in [9.17, 15) is 0 Å². The van der Waals surface area contributed by atoms with Crippen molar-refractivity contribution in [2.75, 3.05) is 19.6 Å². The maximum Gasteiger partial charge on any atom is 0.132 e. The average Bonchev–Trinajstić information content (AvgIpc) is 2.25. The molecule has 0 fully saturated rings. The summed E-state index contributed by atoms with van der Waals surface area (Å²) in [4.78, 5) is 3.51. The van der Waals surface area contributed by atoms with Crippen LogP contribution in [0.4, 0.5) is 0 Å². The van der Waals surface area contributed by atoms with E-state index in [-0.39, 0.29) is 5.79 Å². The van der Waals surface area contributed by atoms with Gasteiger partial charge < -0.3 is 10.3 Å². The number of hydrogen-bond acceptors (Lipinski definition) is 4. The molecule has 0 aromatic rings. The van der Waals surface area contributed by atoms with Crippen LogP contribution in [0.2, 0.25) is 0 Å². The molecule has 15 heavy (non-hydrogen) atoms. The van der Waals surface area contributed by atoms with E-state index < -0.39 is 0 Å². The van der Waals surface area contributed by atoms with Crippen LogP contribution in [-0.2, 0) is 0 Å². The van der Waals surface area contributed by atoms with Crippen molar-refractivity contribution in [3.8, 4) is 0 Å². The first-order valence-corrected chi connectivity index (χ1v) is 7.12. The standard InChI is InChI=1S/C10H28N4Si/c1-5-9(11-6-2)10(14-15,12-7-3)13-8-4/h9,11-14H,5-8H2,1-4,15H3. The molecule has 0 heterocycles. The molecule has 0 aliphatic rings. The Balaban J connectivity index is 4.65. The van der Waals surface area contributed by atoms with Crippen molar-refractivity contribution in [3.63, 3.8) is 0 Å². The normalized spacial score (nSPS) is 14.4. The molecule has 4 nitrogen and oxygen atoms in total. The third kappa shape index (κ3) is 4.20.